The topological polar surface area (TPSA) is 52.5 Å². The Hall–Kier alpha value is -2.67. The summed E-state index contributed by atoms with van der Waals surface area (Å²) in [4.78, 5) is 7.26. The number of hydrogen-bond acceptors (Lipinski definition) is 2. The molecule has 0 amide bonds. The van der Waals surface area contributed by atoms with Crippen molar-refractivity contribution in [3.05, 3.63) is 53.8 Å². The monoisotopic (exact) mass is 237 g/mol. The molecule has 0 fully saturated rings. The Morgan fingerprint density at radius 3 is 2.78 bits per heavy atom. The van der Waals surface area contributed by atoms with Gasteiger partial charge in [-0.15, -0.1) is 0 Å². The Morgan fingerprint density at radius 2 is 2.00 bits per heavy atom. The highest BCUT2D eigenvalue weighted by molar-refractivity contribution is 5.80. The summed E-state index contributed by atoms with van der Waals surface area (Å²) in [5.74, 6) is 0.207. The number of halogens is 1. The van der Waals surface area contributed by atoms with E-state index in [0.717, 1.165) is 5.56 Å². The van der Waals surface area contributed by atoms with Crippen LogP contribution < -0.4 is 0 Å². The lowest BCUT2D eigenvalue weighted by Crippen LogP contribution is -1.82. The number of fused-ring (bicyclic) bond motifs is 1. The molecule has 0 bridgehead atoms. The summed E-state index contributed by atoms with van der Waals surface area (Å²) in [5.41, 5.74) is 2.28. The zero-order valence-corrected chi connectivity index (χ0v) is 9.31. The van der Waals surface area contributed by atoms with Gasteiger partial charge in [-0.1, -0.05) is 18.2 Å². The maximum Gasteiger partial charge on any atom is 0.151 e. The molecule has 18 heavy (non-hydrogen) atoms. The van der Waals surface area contributed by atoms with E-state index in [0.29, 0.717) is 22.4 Å². The normalized spacial score (nSPS) is 10.4. The quantitative estimate of drug-likeness (QED) is 0.706. The second-order valence-electron chi connectivity index (χ2n) is 3.91. The van der Waals surface area contributed by atoms with Crippen LogP contribution in [0.3, 0.4) is 0 Å². The number of hydrogen-bond donors (Lipinski definition) is 1. The number of rotatable bonds is 1. The third-order valence-corrected chi connectivity index (χ3v) is 2.73. The number of aromatic amines is 1. The van der Waals surface area contributed by atoms with Gasteiger partial charge in [0.1, 0.15) is 11.3 Å². The lowest BCUT2D eigenvalue weighted by molar-refractivity contribution is 0.637. The van der Waals surface area contributed by atoms with Gasteiger partial charge in [0.15, 0.2) is 5.82 Å². The molecule has 1 aromatic heterocycles. The lowest BCUT2D eigenvalue weighted by Gasteiger charge is -1.95. The molecule has 86 valence electrons. The zero-order chi connectivity index (χ0) is 12.5. The predicted octanol–water partition coefficient (Wildman–Crippen LogP) is 3.24. The molecule has 0 unspecified atom stereocenters. The van der Waals surface area contributed by atoms with E-state index >= 15 is 0 Å². The molecule has 3 aromatic rings. The fourth-order valence-electron chi connectivity index (χ4n) is 1.87. The first-order valence-electron chi connectivity index (χ1n) is 5.43. The highest BCUT2D eigenvalue weighted by Crippen LogP contribution is 2.22. The minimum absolute atomic E-state index is 0.315. The summed E-state index contributed by atoms with van der Waals surface area (Å²) < 4.78 is 13.5. The summed E-state index contributed by atoms with van der Waals surface area (Å²) in [6.07, 6.45) is 0. The van der Waals surface area contributed by atoms with Crippen LogP contribution in [-0.2, 0) is 0 Å². The summed E-state index contributed by atoms with van der Waals surface area (Å²) in [6.45, 7) is 0. The third-order valence-electron chi connectivity index (χ3n) is 2.73. The first-order chi connectivity index (χ1) is 8.78. The molecule has 3 nitrogen and oxygen atoms in total. The highest BCUT2D eigenvalue weighted by Gasteiger charge is 2.08. The van der Waals surface area contributed by atoms with Crippen molar-refractivity contribution in [1.82, 2.24) is 9.97 Å². The van der Waals surface area contributed by atoms with Crippen LogP contribution in [0.4, 0.5) is 4.39 Å². The zero-order valence-electron chi connectivity index (χ0n) is 9.31. The van der Waals surface area contributed by atoms with Gasteiger partial charge in [0.05, 0.1) is 17.1 Å². The van der Waals surface area contributed by atoms with E-state index in [1.807, 2.05) is 6.07 Å². The van der Waals surface area contributed by atoms with E-state index in [9.17, 15) is 4.39 Å². The van der Waals surface area contributed by atoms with Crippen molar-refractivity contribution in [3.8, 4) is 17.5 Å². The maximum absolute atomic E-state index is 13.5. The van der Waals surface area contributed by atoms with E-state index in [1.54, 1.807) is 30.3 Å². The number of imidazole rings is 1. The van der Waals surface area contributed by atoms with Gasteiger partial charge < -0.3 is 4.98 Å². The van der Waals surface area contributed by atoms with Crippen LogP contribution >= 0.6 is 0 Å². The van der Waals surface area contributed by atoms with Crippen molar-refractivity contribution in [3.63, 3.8) is 0 Å². The van der Waals surface area contributed by atoms with Gasteiger partial charge in [0, 0.05) is 5.56 Å². The Balaban J connectivity index is 2.20. The largest absolute Gasteiger partial charge is 0.338 e. The molecule has 0 aliphatic heterocycles. The van der Waals surface area contributed by atoms with Gasteiger partial charge in [-0.2, -0.15) is 5.26 Å². The van der Waals surface area contributed by atoms with Crippen molar-refractivity contribution >= 4 is 11.0 Å². The number of para-hydroxylation sites is 1. The summed E-state index contributed by atoms with van der Waals surface area (Å²) >= 11 is 0. The third kappa shape index (κ3) is 1.62. The average molecular weight is 237 g/mol. The van der Waals surface area contributed by atoms with Gasteiger partial charge in [0.2, 0.25) is 0 Å². The maximum atomic E-state index is 13.5. The predicted molar refractivity (Wildman–Crippen MR) is 66.2 cm³/mol. The van der Waals surface area contributed by atoms with Crippen LogP contribution in [0.5, 0.6) is 0 Å². The molecule has 0 radical (unpaired) electrons. The first kappa shape index (κ1) is 10.5. The summed E-state index contributed by atoms with van der Waals surface area (Å²) in [7, 11) is 0. The Kier molecular flexibility index (Phi) is 2.31. The number of aromatic nitrogens is 2. The molecule has 4 heteroatoms. The molecule has 1 heterocycles. The van der Waals surface area contributed by atoms with Gasteiger partial charge in [-0.05, 0) is 24.3 Å². The van der Waals surface area contributed by atoms with Crippen molar-refractivity contribution in [2.45, 2.75) is 0 Å². The van der Waals surface area contributed by atoms with Crippen LogP contribution in [-0.4, -0.2) is 9.97 Å². The molecule has 3 rings (SSSR count). The molecular formula is C14H8FN3. The number of benzene rings is 2. The molecular weight excluding hydrogens is 229 g/mol. The fraction of sp³-hybridized carbons (Fsp3) is 0. The molecule has 1 N–H and O–H groups in total. The molecule has 2 aromatic carbocycles. The number of nitriles is 1. The van der Waals surface area contributed by atoms with E-state index in [4.69, 9.17) is 5.26 Å². The lowest BCUT2D eigenvalue weighted by atomic mass is 10.1. The summed E-state index contributed by atoms with van der Waals surface area (Å²) in [5, 5.41) is 8.85. The summed E-state index contributed by atoms with van der Waals surface area (Å²) in [6, 6.07) is 13.9. The Morgan fingerprint density at radius 1 is 1.17 bits per heavy atom. The standard InChI is InChI=1S/C14H8FN3/c15-11-5-2-6-12-13(11)18-14(17-12)10-4-1-3-9(7-10)8-16/h1-7H,(H,17,18). The smallest absolute Gasteiger partial charge is 0.151 e. The van der Waals surface area contributed by atoms with Crippen LogP contribution in [0.25, 0.3) is 22.4 Å². The van der Waals surface area contributed by atoms with E-state index in [-0.39, 0.29) is 5.82 Å². The Labute approximate surface area is 103 Å². The van der Waals surface area contributed by atoms with Crippen molar-refractivity contribution < 1.29 is 4.39 Å². The second kappa shape index (κ2) is 3.97. The molecule has 0 saturated carbocycles. The van der Waals surface area contributed by atoms with E-state index < -0.39 is 0 Å². The van der Waals surface area contributed by atoms with Crippen LogP contribution in [0.15, 0.2) is 42.5 Å². The number of nitrogens with one attached hydrogen (secondary N) is 1. The van der Waals surface area contributed by atoms with E-state index in [2.05, 4.69) is 16.0 Å². The van der Waals surface area contributed by atoms with Crippen LogP contribution in [0, 0.1) is 17.1 Å². The first-order valence-corrected chi connectivity index (χ1v) is 5.43. The SMILES string of the molecule is N#Cc1cccc(-c2nc3c(F)cccc3[nH]2)c1. The minimum atomic E-state index is -0.355. The van der Waals surface area contributed by atoms with Crippen LogP contribution in [0.1, 0.15) is 5.56 Å². The van der Waals surface area contributed by atoms with Gasteiger partial charge in [0.25, 0.3) is 0 Å². The van der Waals surface area contributed by atoms with E-state index in [1.165, 1.54) is 6.07 Å². The van der Waals surface area contributed by atoms with Gasteiger partial charge in [-0.25, -0.2) is 9.37 Å². The molecule has 0 aliphatic carbocycles. The number of H-pyrrole nitrogens is 1. The molecule has 0 spiro atoms. The Bertz CT molecular complexity index is 768. The van der Waals surface area contributed by atoms with Crippen molar-refractivity contribution in [2.24, 2.45) is 0 Å². The molecule has 0 saturated heterocycles. The van der Waals surface area contributed by atoms with Crippen molar-refractivity contribution in [1.29, 1.82) is 5.26 Å². The van der Waals surface area contributed by atoms with Crippen LogP contribution in [0.2, 0.25) is 0 Å². The molecule has 0 aliphatic rings. The van der Waals surface area contributed by atoms with Gasteiger partial charge in [-0.3, -0.25) is 0 Å². The van der Waals surface area contributed by atoms with Gasteiger partial charge >= 0.3 is 0 Å². The fourth-order valence-corrected chi connectivity index (χ4v) is 1.87. The molecule has 0 atom stereocenters. The second-order valence-corrected chi connectivity index (χ2v) is 3.91. The van der Waals surface area contributed by atoms with Crippen molar-refractivity contribution in [2.75, 3.05) is 0 Å². The highest BCUT2D eigenvalue weighted by atomic mass is 19.1. The number of nitrogens with zero attached hydrogens (tertiary/aromatic N) is 2. The minimum Gasteiger partial charge on any atom is -0.338 e. The average Bonchev–Trinajstić information content (AvgIpc) is 2.84.